The third-order valence-electron chi connectivity index (χ3n) is 3.22. The van der Waals surface area contributed by atoms with Crippen molar-refractivity contribution in [2.24, 2.45) is 5.92 Å². The van der Waals surface area contributed by atoms with Crippen LogP contribution >= 0.6 is 22.9 Å². The Kier molecular flexibility index (Phi) is 4.06. The number of nitrogens with one attached hydrogen (secondary N) is 1. The highest BCUT2D eigenvalue weighted by atomic mass is 35.5. The molecule has 1 saturated carbocycles. The molecule has 0 spiro atoms. The first kappa shape index (κ1) is 11.4. The highest BCUT2D eigenvalue weighted by molar-refractivity contribution is 7.16. The minimum absolute atomic E-state index is 0.732. The molecule has 0 aromatic carbocycles. The molecule has 3 heteroatoms. The highest BCUT2D eigenvalue weighted by Crippen LogP contribution is 2.32. The van der Waals surface area contributed by atoms with Crippen LogP contribution in [0.3, 0.4) is 0 Å². The summed E-state index contributed by atoms with van der Waals surface area (Å²) >= 11 is 7.68. The number of thiophene rings is 1. The molecule has 0 radical (unpaired) electrons. The first-order valence-corrected chi connectivity index (χ1v) is 6.96. The predicted molar refractivity (Wildman–Crippen MR) is 67.8 cm³/mol. The Morgan fingerprint density at radius 3 is 3.00 bits per heavy atom. The molecule has 15 heavy (non-hydrogen) atoms. The van der Waals surface area contributed by atoms with Crippen molar-refractivity contribution in [2.75, 3.05) is 6.54 Å². The standard InChI is InChI=1S/C12H18ClNS/c1-2-14-11-5-3-4-9(11)8-10-6-7-12(13)15-10/h6-7,9,11,14H,2-5,8H2,1H3. The van der Waals surface area contributed by atoms with E-state index in [1.165, 1.54) is 30.6 Å². The lowest BCUT2D eigenvalue weighted by Gasteiger charge is -2.19. The minimum Gasteiger partial charge on any atom is -0.314 e. The van der Waals surface area contributed by atoms with E-state index in [1.54, 1.807) is 11.3 Å². The SMILES string of the molecule is CCNC1CCCC1Cc1ccc(Cl)s1. The van der Waals surface area contributed by atoms with Gasteiger partial charge in [-0.3, -0.25) is 0 Å². The van der Waals surface area contributed by atoms with Crippen LogP contribution in [-0.4, -0.2) is 12.6 Å². The molecule has 1 aromatic rings. The van der Waals surface area contributed by atoms with Gasteiger partial charge in [-0.15, -0.1) is 11.3 Å². The fourth-order valence-electron chi connectivity index (χ4n) is 2.53. The summed E-state index contributed by atoms with van der Waals surface area (Å²) in [5.74, 6) is 0.819. The Morgan fingerprint density at radius 2 is 2.33 bits per heavy atom. The first-order chi connectivity index (χ1) is 7.29. The van der Waals surface area contributed by atoms with Gasteiger partial charge in [0, 0.05) is 10.9 Å². The van der Waals surface area contributed by atoms with Crippen LogP contribution < -0.4 is 5.32 Å². The molecule has 1 nitrogen and oxygen atoms in total. The summed E-state index contributed by atoms with van der Waals surface area (Å²) in [5, 5.41) is 3.59. The maximum atomic E-state index is 5.95. The van der Waals surface area contributed by atoms with E-state index in [-0.39, 0.29) is 0 Å². The van der Waals surface area contributed by atoms with Crippen LogP contribution in [0.5, 0.6) is 0 Å². The molecule has 1 fully saturated rings. The average molecular weight is 244 g/mol. The van der Waals surface area contributed by atoms with Crippen LogP contribution in [0.1, 0.15) is 31.1 Å². The summed E-state index contributed by atoms with van der Waals surface area (Å²) in [5.41, 5.74) is 0. The van der Waals surface area contributed by atoms with Crippen LogP contribution in [0.25, 0.3) is 0 Å². The summed E-state index contributed by atoms with van der Waals surface area (Å²) in [6.07, 6.45) is 5.29. The molecule has 1 aliphatic rings. The molecule has 0 amide bonds. The Hall–Kier alpha value is -0.0500. The van der Waals surface area contributed by atoms with Gasteiger partial charge in [-0.1, -0.05) is 24.9 Å². The Bertz CT molecular complexity index is 310. The second-order valence-corrected chi connectivity index (χ2v) is 6.06. The van der Waals surface area contributed by atoms with E-state index >= 15 is 0 Å². The quantitative estimate of drug-likeness (QED) is 0.850. The molecule has 1 N–H and O–H groups in total. The lowest BCUT2D eigenvalue weighted by Crippen LogP contribution is -2.32. The van der Waals surface area contributed by atoms with E-state index in [0.29, 0.717) is 0 Å². The number of hydrogen-bond donors (Lipinski definition) is 1. The van der Waals surface area contributed by atoms with E-state index in [4.69, 9.17) is 11.6 Å². The van der Waals surface area contributed by atoms with Crippen LogP contribution in [0.4, 0.5) is 0 Å². The Balaban J connectivity index is 1.93. The molecule has 84 valence electrons. The van der Waals surface area contributed by atoms with E-state index in [9.17, 15) is 0 Å². The predicted octanol–water partition coefficient (Wildman–Crippen LogP) is 3.72. The average Bonchev–Trinajstić information content (AvgIpc) is 2.78. The van der Waals surface area contributed by atoms with Crippen LogP contribution in [-0.2, 0) is 6.42 Å². The molecule has 1 heterocycles. The molecular formula is C12H18ClNS. The van der Waals surface area contributed by atoms with Gasteiger partial charge < -0.3 is 5.32 Å². The zero-order chi connectivity index (χ0) is 10.7. The molecular weight excluding hydrogens is 226 g/mol. The van der Waals surface area contributed by atoms with Gasteiger partial charge in [0.05, 0.1) is 4.34 Å². The summed E-state index contributed by atoms with van der Waals surface area (Å²) in [7, 11) is 0. The zero-order valence-corrected chi connectivity index (χ0v) is 10.7. The van der Waals surface area contributed by atoms with E-state index < -0.39 is 0 Å². The topological polar surface area (TPSA) is 12.0 Å². The van der Waals surface area contributed by atoms with Crippen molar-refractivity contribution >= 4 is 22.9 Å². The van der Waals surface area contributed by atoms with Crippen molar-refractivity contribution in [2.45, 2.75) is 38.6 Å². The van der Waals surface area contributed by atoms with Gasteiger partial charge in [0.15, 0.2) is 0 Å². The van der Waals surface area contributed by atoms with Crippen LogP contribution in [0.15, 0.2) is 12.1 Å². The van der Waals surface area contributed by atoms with Gasteiger partial charge in [0.1, 0.15) is 0 Å². The van der Waals surface area contributed by atoms with E-state index in [2.05, 4.69) is 18.3 Å². The fourth-order valence-corrected chi connectivity index (χ4v) is 3.71. The maximum absolute atomic E-state index is 5.95. The molecule has 0 aliphatic heterocycles. The van der Waals surface area contributed by atoms with Gasteiger partial charge in [0.25, 0.3) is 0 Å². The lowest BCUT2D eigenvalue weighted by molar-refractivity contribution is 0.408. The van der Waals surface area contributed by atoms with Crippen molar-refractivity contribution < 1.29 is 0 Å². The minimum atomic E-state index is 0.732. The number of rotatable bonds is 4. The first-order valence-electron chi connectivity index (χ1n) is 5.77. The summed E-state index contributed by atoms with van der Waals surface area (Å²) in [4.78, 5) is 1.44. The summed E-state index contributed by atoms with van der Waals surface area (Å²) in [6.45, 7) is 3.28. The molecule has 0 saturated heterocycles. The smallest absolute Gasteiger partial charge is 0.0931 e. The van der Waals surface area contributed by atoms with Crippen LogP contribution in [0.2, 0.25) is 4.34 Å². The van der Waals surface area contributed by atoms with Crippen molar-refractivity contribution in [3.63, 3.8) is 0 Å². The molecule has 2 atom stereocenters. The van der Waals surface area contributed by atoms with Gasteiger partial charge in [-0.05, 0) is 43.9 Å². The molecule has 1 aromatic heterocycles. The monoisotopic (exact) mass is 243 g/mol. The molecule has 1 aliphatic carbocycles. The van der Waals surface area contributed by atoms with Gasteiger partial charge in [0.2, 0.25) is 0 Å². The van der Waals surface area contributed by atoms with Gasteiger partial charge >= 0.3 is 0 Å². The second-order valence-electron chi connectivity index (χ2n) is 4.27. The van der Waals surface area contributed by atoms with E-state index in [0.717, 1.165) is 22.8 Å². The lowest BCUT2D eigenvalue weighted by atomic mass is 9.99. The van der Waals surface area contributed by atoms with Gasteiger partial charge in [-0.2, -0.15) is 0 Å². The third kappa shape index (κ3) is 2.96. The van der Waals surface area contributed by atoms with Crippen molar-refractivity contribution in [1.82, 2.24) is 5.32 Å². The Labute approximate surface area is 101 Å². The van der Waals surface area contributed by atoms with E-state index in [1.807, 2.05) is 6.07 Å². The zero-order valence-electron chi connectivity index (χ0n) is 9.13. The van der Waals surface area contributed by atoms with Crippen molar-refractivity contribution in [3.05, 3.63) is 21.3 Å². The Morgan fingerprint density at radius 1 is 1.47 bits per heavy atom. The summed E-state index contributed by atoms with van der Waals surface area (Å²) in [6, 6.07) is 4.92. The van der Waals surface area contributed by atoms with Crippen molar-refractivity contribution in [3.8, 4) is 0 Å². The van der Waals surface area contributed by atoms with Gasteiger partial charge in [-0.25, -0.2) is 0 Å². The largest absolute Gasteiger partial charge is 0.314 e. The fraction of sp³-hybridized carbons (Fsp3) is 0.667. The highest BCUT2D eigenvalue weighted by Gasteiger charge is 2.26. The maximum Gasteiger partial charge on any atom is 0.0931 e. The molecule has 0 bridgehead atoms. The van der Waals surface area contributed by atoms with Crippen molar-refractivity contribution in [1.29, 1.82) is 0 Å². The molecule has 2 rings (SSSR count). The third-order valence-corrected chi connectivity index (χ3v) is 4.47. The second kappa shape index (κ2) is 5.33. The van der Waals surface area contributed by atoms with Crippen LogP contribution in [0, 0.1) is 5.92 Å². The number of halogens is 1. The summed E-state index contributed by atoms with van der Waals surface area (Å²) < 4.78 is 0.919. The number of hydrogen-bond acceptors (Lipinski definition) is 2. The normalized spacial score (nSPS) is 26.0. The molecule has 2 unspecified atom stereocenters.